The molecular formula is C15H19N3O2S. The number of anilines is 2. The van der Waals surface area contributed by atoms with Crippen molar-refractivity contribution in [1.29, 1.82) is 0 Å². The van der Waals surface area contributed by atoms with Crippen molar-refractivity contribution >= 4 is 28.7 Å². The van der Waals surface area contributed by atoms with Gasteiger partial charge in [-0.3, -0.25) is 0 Å². The SMILES string of the molecule is CCOC(=O)c1cccc(N(C)Cc2csc(C)n2)c1N. The normalized spacial score (nSPS) is 10.4. The number of aromatic nitrogens is 1. The molecule has 0 saturated heterocycles. The van der Waals surface area contributed by atoms with Gasteiger partial charge in [-0.15, -0.1) is 11.3 Å². The smallest absolute Gasteiger partial charge is 0.340 e. The fourth-order valence-electron chi connectivity index (χ4n) is 2.08. The summed E-state index contributed by atoms with van der Waals surface area (Å²) in [5.41, 5.74) is 8.73. The van der Waals surface area contributed by atoms with Gasteiger partial charge in [0.15, 0.2) is 0 Å². The van der Waals surface area contributed by atoms with Crippen LogP contribution in [0, 0.1) is 6.92 Å². The molecule has 1 aromatic heterocycles. The number of nitrogens with two attached hydrogens (primary N) is 1. The summed E-state index contributed by atoms with van der Waals surface area (Å²) in [5, 5.41) is 3.06. The van der Waals surface area contributed by atoms with E-state index in [9.17, 15) is 4.79 Å². The van der Waals surface area contributed by atoms with Gasteiger partial charge in [-0.2, -0.15) is 0 Å². The van der Waals surface area contributed by atoms with Crippen LogP contribution in [-0.2, 0) is 11.3 Å². The minimum absolute atomic E-state index is 0.330. The number of nitrogens with zero attached hydrogens (tertiary/aromatic N) is 2. The second-order valence-corrected chi connectivity index (χ2v) is 5.73. The van der Waals surface area contributed by atoms with Crippen molar-refractivity contribution in [2.24, 2.45) is 0 Å². The molecule has 0 aliphatic heterocycles. The molecule has 1 heterocycles. The lowest BCUT2D eigenvalue weighted by Gasteiger charge is -2.21. The summed E-state index contributed by atoms with van der Waals surface area (Å²) < 4.78 is 5.02. The van der Waals surface area contributed by atoms with E-state index in [0.29, 0.717) is 24.4 Å². The van der Waals surface area contributed by atoms with Gasteiger partial charge in [0.25, 0.3) is 0 Å². The number of carbonyl (C=O) groups excluding carboxylic acids is 1. The van der Waals surface area contributed by atoms with Crippen LogP contribution < -0.4 is 10.6 Å². The van der Waals surface area contributed by atoms with Crippen molar-refractivity contribution < 1.29 is 9.53 Å². The summed E-state index contributed by atoms with van der Waals surface area (Å²) in [6, 6.07) is 5.37. The summed E-state index contributed by atoms with van der Waals surface area (Å²) >= 11 is 1.62. The summed E-state index contributed by atoms with van der Waals surface area (Å²) in [5.74, 6) is -0.394. The summed E-state index contributed by atoms with van der Waals surface area (Å²) in [4.78, 5) is 18.3. The van der Waals surface area contributed by atoms with Crippen LogP contribution in [0.5, 0.6) is 0 Å². The van der Waals surface area contributed by atoms with E-state index in [1.54, 1.807) is 30.4 Å². The molecular weight excluding hydrogens is 286 g/mol. The average molecular weight is 305 g/mol. The highest BCUT2D eigenvalue weighted by atomic mass is 32.1. The van der Waals surface area contributed by atoms with Crippen LogP contribution in [0.3, 0.4) is 0 Å². The molecule has 0 fully saturated rings. The number of thiazole rings is 1. The Morgan fingerprint density at radius 2 is 2.24 bits per heavy atom. The van der Waals surface area contributed by atoms with Crippen molar-refractivity contribution in [3.8, 4) is 0 Å². The summed E-state index contributed by atoms with van der Waals surface area (Å²) in [6.07, 6.45) is 0. The largest absolute Gasteiger partial charge is 0.462 e. The van der Waals surface area contributed by atoms with E-state index in [0.717, 1.165) is 16.4 Å². The van der Waals surface area contributed by atoms with Crippen LogP contribution in [0.2, 0.25) is 0 Å². The van der Waals surface area contributed by atoms with Crippen LogP contribution >= 0.6 is 11.3 Å². The predicted octanol–water partition coefficient (Wildman–Crippen LogP) is 2.85. The standard InChI is InChI=1S/C15H19N3O2S/c1-4-20-15(19)12-6-5-7-13(14(12)16)18(3)8-11-9-21-10(2)17-11/h5-7,9H,4,8,16H2,1-3H3. The molecule has 0 amide bonds. The van der Waals surface area contributed by atoms with Crippen LogP contribution in [0.4, 0.5) is 11.4 Å². The minimum atomic E-state index is -0.394. The van der Waals surface area contributed by atoms with Gasteiger partial charge in [0.2, 0.25) is 0 Å². The number of esters is 1. The lowest BCUT2D eigenvalue weighted by Crippen LogP contribution is -2.19. The highest BCUT2D eigenvalue weighted by Gasteiger charge is 2.16. The van der Waals surface area contributed by atoms with Crippen LogP contribution in [0.1, 0.15) is 28.0 Å². The molecule has 2 N–H and O–H groups in total. The second kappa shape index (κ2) is 6.58. The third-order valence-electron chi connectivity index (χ3n) is 3.06. The second-order valence-electron chi connectivity index (χ2n) is 4.67. The Labute approximate surface area is 128 Å². The Hall–Kier alpha value is -2.08. The maximum Gasteiger partial charge on any atom is 0.340 e. The van der Waals surface area contributed by atoms with E-state index in [2.05, 4.69) is 4.98 Å². The first kappa shape index (κ1) is 15.3. The molecule has 0 aliphatic rings. The number of aryl methyl sites for hydroxylation is 1. The predicted molar refractivity (Wildman–Crippen MR) is 85.8 cm³/mol. The van der Waals surface area contributed by atoms with E-state index in [1.807, 2.05) is 30.3 Å². The van der Waals surface area contributed by atoms with Crippen molar-refractivity contribution in [1.82, 2.24) is 4.98 Å². The number of nitrogen functional groups attached to an aromatic ring is 1. The Morgan fingerprint density at radius 1 is 1.48 bits per heavy atom. The Kier molecular flexibility index (Phi) is 4.80. The zero-order valence-corrected chi connectivity index (χ0v) is 13.2. The van der Waals surface area contributed by atoms with Crippen molar-refractivity contribution in [2.45, 2.75) is 20.4 Å². The zero-order valence-electron chi connectivity index (χ0n) is 12.4. The Bertz CT molecular complexity index is 640. The van der Waals surface area contributed by atoms with Crippen LogP contribution in [0.15, 0.2) is 23.6 Å². The summed E-state index contributed by atoms with van der Waals surface area (Å²) in [7, 11) is 1.93. The molecule has 0 aliphatic carbocycles. The maximum atomic E-state index is 11.9. The van der Waals surface area contributed by atoms with Crippen molar-refractivity contribution in [3.63, 3.8) is 0 Å². The molecule has 0 unspecified atom stereocenters. The van der Waals surface area contributed by atoms with E-state index >= 15 is 0 Å². The molecule has 1 aromatic carbocycles. The quantitative estimate of drug-likeness (QED) is 0.679. The first-order valence-electron chi connectivity index (χ1n) is 6.70. The number of benzene rings is 1. The molecule has 0 bridgehead atoms. The zero-order chi connectivity index (χ0) is 15.4. The first-order chi connectivity index (χ1) is 10.0. The fourth-order valence-corrected chi connectivity index (χ4v) is 2.69. The van der Waals surface area contributed by atoms with Gasteiger partial charge in [0.1, 0.15) is 0 Å². The number of ether oxygens (including phenoxy) is 1. The maximum absolute atomic E-state index is 11.9. The molecule has 0 saturated carbocycles. The van der Waals surface area contributed by atoms with Gasteiger partial charge in [-0.1, -0.05) is 6.07 Å². The Morgan fingerprint density at radius 3 is 2.86 bits per heavy atom. The molecule has 21 heavy (non-hydrogen) atoms. The van der Waals surface area contributed by atoms with E-state index in [-0.39, 0.29) is 0 Å². The van der Waals surface area contributed by atoms with Gasteiger partial charge in [0, 0.05) is 12.4 Å². The molecule has 2 aromatic rings. The molecule has 0 radical (unpaired) electrons. The molecule has 6 heteroatoms. The van der Waals surface area contributed by atoms with Crippen molar-refractivity contribution in [2.75, 3.05) is 24.3 Å². The number of para-hydroxylation sites is 1. The Balaban J connectivity index is 2.23. The monoisotopic (exact) mass is 305 g/mol. The van der Waals surface area contributed by atoms with E-state index < -0.39 is 5.97 Å². The first-order valence-corrected chi connectivity index (χ1v) is 7.58. The molecule has 0 atom stereocenters. The molecule has 5 nitrogen and oxygen atoms in total. The van der Waals surface area contributed by atoms with Gasteiger partial charge < -0.3 is 15.4 Å². The molecule has 2 rings (SSSR count). The van der Waals surface area contributed by atoms with Gasteiger partial charge in [-0.25, -0.2) is 9.78 Å². The van der Waals surface area contributed by atoms with Crippen LogP contribution in [0.25, 0.3) is 0 Å². The number of rotatable bonds is 5. The third-order valence-corrected chi connectivity index (χ3v) is 3.88. The van der Waals surface area contributed by atoms with Crippen LogP contribution in [-0.4, -0.2) is 24.6 Å². The van der Waals surface area contributed by atoms with E-state index in [1.165, 1.54) is 0 Å². The van der Waals surface area contributed by atoms with Gasteiger partial charge in [0.05, 0.1) is 40.8 Å². The van der Waals surface area contributed by atoms with Gasteiger partial charge in [-0.05, 0) is 26.0 Å². The lowest BCUT2D eigenvalue weighted by molar-refractivity contribution is 0.0527. The fraction of sp³-hybridized carbons (Fsp3) is 0.333. The average Bonchev–Trinajstić information content (AvgIpc) is 2.84. The number of hydrogen-bond acceptors (Lipinski definition) is 6. The van der Waals surface area contributed by atoms with Gasteiger partial charge >= 0.3 is 5.97 Å². The lowest BCUT2D eigenvalue weighted by atomic mass is 10.1. The highest BCUT2D eigenvalue weighted by molar-refractivity contribution is 7.09. The minimum Gasteiger partial charge on any atom is -0.462 e. The molecule has 0 spiro atoms. The molecule has 112 valence electrons. The topological polar surface area (TPSA) is 68.5 Å². The number of hydrogen-bond donors (Lipinski definition) is 1. The van der Waals surface area contributed by atoms with E-state index in [4.69, 9.17) is 10.5 Å². The van der Waals surface area contributed by atoms with Crippen molar-refractivity contribution in [3.05, 3.63) is 39.8 Å². The third kappa shape index (κ3) is 3.52. The number of carbonyl (C=O) groups is 1. The highest BCUT2D eigenvalue weighted by Crippen LogP contribution is 2.27. The summed E-state index contributed by atoms with van der Waals surface area (Å²) in [6.45, 7) is 4.72.